The van der Waals surface area contributed by atoms with E-state index in [1.807, 2.05) is 0 Å². The average Bonchev–Trinajstić information content (AvgIpc) is 3.34. The lowest BCUT2D eigenvalue weighted by Gasteiger charge is -2.21. The fourth-order valence-corrected chi connectivity index (χ4v) is 3.79. The molecule has 0 spiro atoms. The predicted molar refractivity (Wildman–Crippen MR) is 94.6 cm³/mol. The fraction of sp³-hybridized carbons (Fsp3) is 0.500. The van der Waals surface area contributed by atoms with E-state index >= 15 is 0 Å². The van der Waals surface area contributed by atoms with Crippen molar-refractivity contribution in [3.05, 3.63) is 29.3 Å². The molecular formula is C16H22ClN3O4S. The Morgan fingerprint density at radius 1 is 1.28 bits per heavy atom. The molecule has 138 valence electrons. The molecule has 0 radical (unpaired) electrons. The topological polar surface area (TPSA) is 104 Å². The third-order valence-electron chi connectivity index (χ3n) is 3.70. The van der Waals surface area contributed by atoms with E-state index in [0.717, 1.165) is 12.8 Å². The van der Waals surface area contributed by atoms with Crippen LogP contribution in [0.25, 0.3) is 0 Å². The predicted octanol–water partition coefficient (Wildman–Crippen LogP) is 1.04. The summed E-state index contributed by atoms with van der Waals surface area (Å²) in [4.78, 5) is 24.0. The zero-order valence-electron chi connectivity index (χ0n) is 14.1. The summed E-state index contributed by atoms with van der Waals surface area (Å²) in [5.74, 6) is -1.14. The lowest BCUT2D eigenvalue weighted by Crippen LogP contribution is -2.51. The molecule has 2 rings (SSSR count). The molecule has 1 atom stereocenters. The van der Waals surface area contributed by atoms with Crippen LogP contribution in [-0.2, 0) is 19.6 Å². The number of nitrogens with one attached hydrogen (secondary N) is 3. The van der Waals surface area contributed by atoms with E-state index < -0.39 is 22.0 Å². The van der Waals surface area contributed by atoms with Gasteiger partial charge in [0.1, 0.15) is 6.04 Å². The van der Waals surface area contributed by atoms with Gasteiger partial charge in [0.15, 0.2) is 0 Å². The molecule has 0 heterocycles. The molecule has 1 aliphatic rings. The van der Waals surface area contributed by atoms with Crippen molar-refractivity contribution >= 4 is 33.4 Å². The first-order valence-electron chi connectivity index (χ1n) is 8.04. The molecule has 7 nitrogen and oxygen atoms in total. The van der Waals surface area contributed by atoms with Crippen molar-refractivity contribution in [2.75, 3.05) is 6.54 Å². The Morgan fingerprint density at radius 3 is 2.52 bits per heavy atom. The summed E-state index contributed by atoms with van der Waals surface area (Å²) in [6.45, 7) is 3.25. The SMILES string of the molecule is CC(C)[C@H](NS(=O)(=O)c1cccc(Cl)c1)C(=O)NCC(=O)NC1CC1. The molecule has 1 aromatic rings. The summed E-state index contributed by atoms with van der Waals surface area (Å²) in [6.07, 6.45) is 1.90. The molecule has 9 heteroatoms. The molecule has 0 bridgehead atoms. The van der Waals surface area contributed by atoms with Crippen molar-refractivity contribution in [3.63, 3.8) is 0 Å². The van der Waals surface area contributed by atoms with Gasteiger partial charge in [-0.05, 0) is 37.0 Å². The first-order chi connectivity index (χ1) is 11.7. The Hall–Kier alpha value is -1.64. The number of hydrogen-bond acceptors (Lipinski definition) is 4. The van der Waals surface area contributed by atoms with Crippen molar-refractivity contribution in [2.24, 2.45) is 5.92 Å². The smallest absolute Gasteiger partial charge is 0.241 e. The fourth-order valence-electron chi connectivity index (χ4n) is 2.15. The van der Waals surface area contributed by atoms with Crippen LogP contribution >= 0.6 is 11.6 Å². The maximum Gasteiger partial charge on any atom is 0.241 e. The van der Waals surface area contributed by atoms with Gasteiger partial charge in [0.05, 0.1) is 11.4 Å². The molecule has 1 aromatic carbocycles. The summed E-state index contributed by atoms with van der Waals surface area (Å²) in [5, 5.41) is 5.51. The number of sulfonamides is 1. The Morgan fingerprint density at radius 2 is 1.96 bits per heavy atom. The van der Waals surface area contributed by atoms with Crippen LogP contribution in [-0.4, -0.2) is 38.9 Å². The van der Waals surface area contributed by atoms with Crippen LogP contribution in [0.2, 0.25) is 5.02 Å². The second kappa shape index (κ2) is 8.16. The molecule has 1 aliphatic carbocycles. The number of benzene rings is 1. The van der Waals surface area contributed by atoms with E-state index in [4.69, 9.17) is 11.6 Å². The molecule has 0 aliphatic heterocycles. The second-order valence-electron chi connectivity index (χ2n) is 6.36. The molecule has 3 N–H and O–H groups in total. The van der Waals surface area contributed by atoms with Crippen molar-refractivity contribution in [1.82, 2.24) is 15.4 Å². The van der Waals surface area contributed by atoms with Gasteiger partial charge in [0.2, 0.25) is 21.8 Å². The normalized spacial score (nSPS) is 15.7. The van der Waals surface area contributed by atoms with Crippen molar-refractivity contribution in [1.29, 1.82) is 0 Å². The van der Waals surface area contributed by atoms with Gasteiger partial charge in [0.25, 0.3) is 0 Å². The maximum absolute atomic E-state index is 12.5. The molecule has 0 unspecified atom stereocenters. The van der Waals surface area contributed by atoms with E-state index in [1.165, 1.54) is 18.2 Å². The van der Waals surface area contributed by atoms with Crippen LogP contribution < -0.4 is 15.4 Å². The molecule has 0 saturated heterocycles. The molecular weight excluding hydrogens is 366 g/mol. The number of carbonyl (C=O) groups excluding carboxylic acids is 2. The van der Waals surface area contributed by atoms with Gasteiger partial charge in [-0.15, -0.1) is 0 Å². The molecule has 1 fully saturated rings. The van der Waals surface area contributed by atoms with Crippen molar-refractivity contribution in [3.8, 4) is 0 Å². The Bertz CT molecular complexity index is 748. The Labute approximate surface area is 152 Å². The average molecular weight is 388 g/mol. The summed E-state index contributed by atoms with van der Waals surface area (Å²) >= 11 is 5.83. The van der Waals surface area contributed by atoms with Crippen molar-refractivity contribution < 1.29 is 18.0 Å². The number of hydrogen-bond donors (Lipinski definition) is 3. The van der Waals surface area contributed by atoms with Crippen LogP contribution in [0.15, 0.2) is 29.2 Å². The summed E-state index contributed by atoms with van der Waals surface area (Å²) in [5.41, 5.74) is 0. The van der Waals surface area contributed by atoms with E-state index in [9.17, 15) is 18.0 Å². The first kappa shape index (κ1) is 19.7. The van der Waals surface area contributed by atoms with Gasteiger partial charge in [0, 0.05) is 11.1 Å². The monoisotopic (exact) mass is 387 g/mol. The molecule has 25 heavy (non-hydrogen) atoms. The van der Waals surface area contributed by atoms with Gasteiger partial charge in [-0.25, -0.2) is 8.42 Å². The summed E-state index contributed by atoms with van der Waals surface area (Å²) < 4.78 is 27.3. The number of halogens is 1. The minimum Gasteiger partial charge on any atom is -0.352 e. The lowest BCUT2D eigenvalue weighted by atomic mass is 10.1. The zero-order chi connectivity index (χ0) is 18.6. The van der Waals surface area contributed by atoms with Crippen LogP contribution in [0, 0.1) is 5.92 Å². The van der Waals surface area contributed by atoms with E-state index in [2.05, 4.69) is 15.4 Å². The quantitative estimate of drug-likeness (QED) is 0.619. The molecule has 1 saturated carbocycles. The summed E-state index contributed by atoms with van der Waals surface area (Å²) in [6, 6.07) is 4.98. The highest BCUT2D eigenvalue weighted by atomic mass is 35.5. The number of amides is 2. The summed E-state index contributed by atoms with van der Waals surface area (Å²) in [7, 11) is -3.92. The minimum absolute atomic E-state index is 0.0232. The highest BCUT2D eigenvalue weighted by molar-refractivity contribution is 7.89. The highest BCUT2D eigenvalue weighted by Crippen LogP contribution is 2.18. The van der Waals surface area contributed by atoms with Crippen LogP contribution in [0.5, 0.6) is 0 Å². The Balaban J connectivity index is 2.01. The van der Waals surface area contributed by atoms with Crippen LogP contribution in [0.4, 0.5) is 0 Å². The minimum atomic E-state index is -3.92. The van der Waals surface area contributed by atoms with Crippen molar-refractivity contribution in [2.45, 2.75) is 43.7 Å². The van der Waals surface area contributed by atoms with Gasteiger partial charge >= 0.3 is 0 Å². The molecule has 2 amide bonds. The van der Waals surface area contributed by atoms with E-state index in [-0.39, 0.29) is 34.3 Å². The zero-order valence-corrected chi connectivity index (χ0v) is 15.7. The number of carbonyl (C=O) groups is 2. The van der Waals surface area contributed by atoms with E-state index in [1.54, 1.807) is 19.9 Å². The second-order valence-corrected chi connectivity index (χ2v) is 8.51. The highest BCUT2D eigenvalue weighted by Gasteiger charge is 2.29. The van der Waals surface area contributed by atoms with Gasteiger partial charge < -0.3 is 10.6 Å². The maximum atomic E-state index is 12.5. The molecule has 0 aromatic heterocycles. The largest absolute Gasteiger partial charge is 0.352 e. The Kier molecular flexibility index (Phi) is 6.42. The van der Waals surface area contributed by atoms with Gasteiger partial charge in [-0.3, -0.25) is 9.59 Å². The standard InChI is InChI=1S/C16H22ClN3O4S/c1-10(2)15(16(22)18-9-14(21)19-12-6-7-12)20-25(23,24)13-5-3-4-11(17)8-13/h3-5,8,10,12,15,20H,6-7,9H2,1-2H3,(H,18,22)(H,19,21)/t15-/m0/s1. The lowest BCUT2D eigenvalue weighted by molar-refractivity contribution is -0.127. The van der Waals surface area contributed by atoms with Gasteiger partial charge in [-0.1, -0.05) is 31.5 Å². The van der Waals surface area contributed by atoms with Crippen LogP contribution in [0.3, 0.4) is 0 Å². The van der Waals surface area contributed by atoms with E-state index in [0.29, 0.717) is 0 Å². The van der Waals surface area contributed by atoms with Crippen LogP contribution in [0.1, 0.15) is 26.7 Å². The first-order valence-corrected chi connectivity index (χ1v) is 9.90. The third-order valence-corrected chi connectivity index (χ3v) is 5.38. The third kappa shape index (κ3) is 5.98. The number of rotatable bonds is 8. The van der Waals surface area contributed by atoms with Gasteiger partial charge in [-0.2, -0.15) is 4.72 Å².